The molecule has 0 rings (SSSR count). The quantitative estimate of drug-likeness (QED) is 0.367. The summed E-state index contributed by atoms with van der Waals surface area (Å²) in [6, 6.07) is 0. The van der Waals surface area contributed by atoms with Crippen molar-refractivity contribution >= 4 is 17.9 Å². The third-order valence-electron chi connectivity index (χ3n) is 1.31. The van der Waals surface area contributed by atoms with Crippen LogP contribution in [0.25, 0.3) is 0 Å². The fourth-order valence-electron chi connectivity index (χ4n) is 0.690. The number of carboxylic acid groups (broad SMARTS) is 1. The van der Waals surface area contributed by atoms with Crippen LogP contribution in [0, 0.1) is 30.6 Å². The topological polar surface area (TPSA) is 89.9 Å². The molecule has 0 fully saturated rings. The highest BCUT2D eigenvalue weighted by molar-refractivity contribution is 6.11. The molecule has 0 amide bonds. The first-order chi connectivity index (χ1) is 7.54. The molecule has 6 nitrogen and oxygen atoms in total. The SMILES string of the molecule is C#CCOC(=O)C(C(=O)O)C(=O)OCC#C. The Kier molecular flexibility index (Phi) is 5.84. The maximum Gasteiger partial charge on any atom is 0.332 e. The number of rotatable bonds is 5. The number of hydrogen-bond donors (Lipinski definition) is 1. The predicted octanol–water partition coefficient (Wildman–Crippen LogP) is -0.960. The van der Waals surface area contributed by atoms with Crippen LogP contribution in [0.15, 0.2) is 0 Å². The fourth-order valence-corrected chi connectivity index (χ4v) is 0.690. The van der Waals surface area contributed by atoms with Crippen LogP contribution in [0.2, 0.25) is 0 Å². The molecular weight excluding hydrogens is 216 g/mol. The highest BCUT2D eigenvalue weighted by Gasteiger charge is 2.37. The molecule has 0 heterocycles. The van der Waals surface area contributed by atoms with E-state index in [1.54, 1.807) is 0 Å². The maximum absolute atomic E-state index is 11.1. The van der Waals surface area contributed by atoms with Crippen LogP contribution < -0.4 is 0 Å². The molecule has 1 N–H and O–H groups in total. The van der Waals surface area contributed by atoms with Gasteiger partial charge in [-0.3, -0.25) is 14.4 Å². The van der Waals surface area contributed by atoms with Crippen LogP contribution in [-0.4, -0.2) is 36.2 Å². The standard InChI is InChI=1S/C10H8O6/c1-3-5-15-9(13)7(8(11)12)10(14)16-6-4-2/h1-2,7H,5-6H2,(H,11,12). The number of carbonyl (C=O) groups is 3. The summed E-state index contributed by atoms with van der Waals surface area (Å²) in [4.78, 5) is 32.8. The first-order valence-corrected chi connectivity index (χ1v) is 3.97. The van der Waals surface area contributed by atoms with Crippen LogP contribution in [0.1, 0.15) is 0 Å². The highest BCUT2D eigenvalue weighted by Crippen LogP contribution is 2.03. The zero-order chi connectivity index (χ0) is 12.6. The van der Waals surface area contributed by atoms with Crippen molar-refractivity contribution in [1.82, 2.24) is 0 Å². The van der Waals surface area contributed by atoms with E-state index in [9.17, 15) is 14.4 Å². The van der Waals surface area contributed by atoms with Crippen molar-refractivity contribution in [3.05, 3.63) is 0 Å². The van der Waals surface area contributed by atoms with Gasteiger partial charge in [-0.05, 0) is 0 Å². The van der Waals surface area contributed by atoms with Crippen LogP contribution >= 0.6 is 0 Å². The van der Waals surface area contributed by atoms with Gasteiger partial charge in [0, 0.05) is 0 Å². The third kappa shape index (κ3) is 4.16. The summed E-state index contributed by atoms with van der Waals surface area (Å²) in [5.74, 6) is -2.42. The Morgan fingerprint density at radius 1 is 1.06 bits per heavy atom. The molecule has 16 heavy (non-hydrogen) atoms. The first-order valence-electron chi connectivity index (χ1n) is 3.97. The number of hydrogen-bond acceptors (Lipinski definition) is 5. The lowest BCUT2D eigenvalue weighted by molar-refractivity contribution is -0.168. The van der Waals surface area contributed by atoms with Gasteiger partial charge in [0.2, 0.25) is 0 Å². The van der Waals surface area contributed by atoms with Gasteiger partial charge < -0.3 is 14.6 Å². The molecule has 0 aromatic rings. The molecular formula is C10H8O6. The largest absolute Gasteiger partial charge is 0.480 e. The molecule has 0 spiro atoms. The Hall–Kier alpha value is -2.47. The molecule has 0 saturated heterocycles. The minimum atomic E-state index is -2.07. The Morgan fingerprint density at radius 3 is 1.69 bits per heavy atom. The van der Waals surface area contributed by atoms with E-state index in [2.05, 4.69) is 9.47 Å². The van der Waals surface area contributed by atoms with Crippen molar-refractivity contribution in [2.45, 2.75) is 0 Å². The highest BCUT2D eigenvalue weighted by atomic mass is 16.6. The zero-order valence-corrected chi connectivity index (χ0v) is 8.13. The third-order valence-corrected chi connectivity index (χ3v) is 1.31. The smallest absolute Gasteiger partial charge is 0.332 e. The van der Waals surface area contributed by atoms with Gasteiger partial charge in [0.15, 0.2) is 13.2 Å². The van der Waals surface area contributed by atoms with Crippen molar-refractivity contribution in [3.8, 4) is 24.7 Å². The average molecular weight is 224 g/mol. The Bertz CT molecular complexity index is 340. The zero-order valence-electron chi connectivity index (χ0n) is 8.13. The monoisotopic (exact) mass is 224 g/mol. The number of ether oxygens (including phenoxy) is 2. The molecule has 0 aromatic carbocycles. The Morgan fingerprint density at radius 2 is 1.44 bits per heavy atom. The molecule has 0 unspecified atom stereocenters. The number of aliphatic carboxylic acids is 1. The molecule has 0 aliphatic heterocycles. The normalized spacial score (nSPS) is 8.69. The van der Waals surface area contributed by atoms with E-state index in [1.165, 1.54) is 0 Å². The summed E-state index contributed by atoms with van der Waals surface area (Å²) in [6.07, 6.45) is 9.58. The summed E-state index contributed by atoms with van der Waals surface area (Å²) >= 11 is 0. The molecule has 84 valence electrons. The van der Waals surface area contributed by atoms with E-state index < -0.39 is 37.0 Å². The van der Waals surface area contributed by atoms with Gasteiger partial charge >= 0.3 is 17.9 Å². The minimum Gasteiger partial charge on any atom is -0.480 e. The van der Waals surface area contributed by atoms with E-state index in [0.717, 1.165) is 0 Å². The maximum atomic E-state index is 11.1. The lowest BCUT2D eigenvalue weighted by atomic mass is 10.1. The fraction of sp³-hybridized carbons (Fsp3) is 0.300. The van der Waals surface area contributed by atoms with Gasteiger partial charge in [-0.1, -0.05) is 11.8 Å². The van der Waals surface area contributed by atoms with Crippen LogP contribution in [0.4, 0.5) is 0 Å². The van der Waals surface area contributed by atoms with Crippen molar-refractivity contribution in [3.63, 3.8) is 0 Å². The second-order valence-corrected chi connectivity index (χ2v) is 2.39. The molecule has 0 saturated carbocycles. The molecule has 6 heteroatoms. The van der Waals surface area contributed by atoms with E-state index in [0.29, 0.717) is 0 Å². The van der Waals surface area contributed by atoms with E-state index >= 15 is 0 Å². The van der Waals surface area contributed by atoms with Crippen LogP contribution in [0.5, 0.6) is 0 Å². The van der Waals surface area contributed by atoms with Crippen molar-refractivity contribution in [1.29, 1.82) is 0 Å². The van der Waals surface area contributed by atoms with E-state index in [1.807, 2.05) is 11.8 Å². The summed E-state index contributed by atoms with van der Waals surface area (Å²) in [5, 5.41) is 8.61. The summed E-state index contributed by atoms with van der Waals surface area (Å²) in [7, 11) is 0. The second-order valence-electron chi connectivity index (χ2n) is 2.39. The lowest BCUT2D eigenvalue weighted by Gasteiger charge is -2.09. The predicted molar refractivity (Wildman–Crippen MR) is 50.7 cm³/mol. The number of terminal acetylenes is 2. The first kappa shape index (κ1) is 13.5. The summed E-state index contributed by atoms with van der Waals surface area (Å²) in [6.45, 7) is -0.851. The van der Waals surface area contributed by atoms with Gasteiger partial charge in [0.05, 0.1) is 0 Å². The van der Waals surface area contributed by atoms with Crippen LogP contribution in [0.3, 0.4) is 0 Å². The molecule has 0 atom stereocenters. The van der Waals surface area contributed by atoms with Gasteiger partial charge in [-0.2, -0.15) is 0 Å². The van der Waals surface area contributed by atoms with Gasteiger partial charge in [-0.15, -0.1) is 12.8 Å². The second kappa shape index (κ2) is 6.91. The average Bonchev–Trinajstić information content (AvgIpc) is 2.23. The number of carbonyl (C=O) groups excluding carboxylic acids is 2. The number of esters is 2. The molecule has 0 aliphatic carbocycles. The van der Waals surface area contributed by atoms with Crippen molar-refractivity contribution < 1.29 is 29.0 Å². The Labute approximate surface area is 91.5 Å². The molecule has 0 aliphatic rings. The van der Waals surface area contributed by atoms with Crippen molar-refractivity contribution in [2.75, 3.05) is 13.2 Å². The Balaban J connectivity index is 4.56. The van der Waals surface area contributed by atoms with Crippen LogP contribution in [-0.2, 0) is 23.9 Å². The van der Waals surface area contributed by atoms with Gasteiger partial charge in [-0.25, -0.2) is 0 Å². The molecule has 0 aromatic heterocycles. The lowest BCUT2D eigenvalue weighted by Crippen LogP contribution is -2.34. The summed E-state index contributed by atoms with van der Waals surface area (Å²) < 4.78 is 8.61. The van der Waals surface area contributed by atoms with Gasteiger partial charge in [0.25, 0.3) is 5.92 Å². The van der Waals surface area contributed by atoms with E-state index in [-0.39, 0.29) is 0 Å². The van der Waals surface area contributed by atoms with Gasteiger partial charge in [0.1, 0.15) is 0 Å². The summed E-state index contributed by atoms with van der Waals surface area (Å²) in [5.41, 5.74) is 0. The number of carboxylic acids is 1. The molecule has 0 bridgehead atoms. The van der Waals surface area contributed by atoms with Crippen molar-refractivity contribution in [2.24, 2.45) is 5.92 Å². The van der Waals surface area contributed by atoms with E-state index in [4.69, 9.17) is 18.0 Å². The molecule has 0 radical (unpaired) electrons. The minimum absolute atomic E-state index is 0.426.